The van der Waals surface area contributed by atoms with E-state index in [1.807, 2.05) is 111 Å². The first-order valence-electron chi connectivity index (χ1n) is 19.6. The number of rotatable bonds is 19. The molecule has 0 bridgehead atoms. The summed E-state index contributed by atoms with van der Waals surface area (Å²) in [5.41, 5.74) is 4.34. The molecule has 1 aliphatic rings. The van der Waals surface area contributed by atoms with Gasteiger partial charge in [-0.3, -0.25) is 24.6 Å². The first-order chi connectivity index (χ1) is 28.0. The van der Waals surface area contributed by atoms with Crippen LogP contribution in [0.15, 0.2) is 120 Å². The summed E-state index contributed by atoms with van der Waals surface area (Å²) in [5.74, 6) is -1.18. The molecule has 58 heavy (non-hydrogen) atoms. The summed E-state index contributed by atoms with van der Waals surface area (Å²) in [7, 11) is 3.81. The molecule has 13 nitrogen and oxygen atoms in total. The molecule has 0 spiro atoms. The van der Waals surface area contributed by atoms with E-state index < -0.39 is 29.0 Å². The number of amides is 4. The number of esters is 1. The Labute approximate surface area is 339 Å². The van der Waals surface area contributed by atoms with E-state index in [1.54, 1.807) is 11.8 Å². The number of hydrogen-bond acceptors (Lipinski definition) is 8. The van der Waals surface area contributed by atoms with Gasteiger partial charge in [-0.1, -0.05) is 98.3 Å². The van der Waals surface area contributed by atoms with Crippen LogP contribution < -0.4 is 10.6 Å². The molecule has 5 rings (SSSR count). The lowest BCUT2D eigenvalue weighted by molar-refractivity contribution is -0.384. The molecule has 13 heteroatoms. The normalized spacial score (nSPS) is 14.5. The highest BCUT2D eigenvalue weighted by molar-refractivity contribution is 5.95. The average Bonchev–Trinajstić information content (AvgIpc) is 3.23. The van der Waals surface area contributed by atoms with Gasteiger partial charge in [-0.25, -0.2) is 9.59 Å². The second-order valence-corrected chi connectivity index (χ2v) is 14.5. The minimum absolute atomic E-state index is 0.00314. The maximum absolute atomic E-state index is 14.3. The first-order valence-corrected chi connectivity index (χ1v) is 19.6. The number of nitrogens with one attached hydrogen (secondary N) is 2. The van der Waals surface area contributed by atoms with Crippen LogP contribution in [-0.4, -0.2) is 83.7 Å². The minimum Gasteiger partial charge on any atom is -0.457 e. The Morgan fingerprint density at radius 3 is 2.14 bits per heavy atom. The topological polar surface area (TPSA) is 154 Å². The van der Waals surface area contributed by atoms with Crippen LogP contribution in [0.4, 0.5) is 10.5 Å². The number of non-ortho nitro benzene ring substituents is 1. The van der Waals surface area contributed by atoms with Crippen molar-refractivity contribution in [3.05, 3.63) is 147 Å². The van der Waals surface area contributed by atoms with Crippen molar-refractivity contribution in [2.24, 2.45) is 0 Å². The van der Waals surface area contributed by atoms with Gasteiger partial charge < -0.3 is 25.2 Å². The number of urea groups is 1. The number of nitro benzene ring substituents is 1. The molecule has 2 atom stereocenters. The molecule has 4 amide bonds. The summed E-state index contributed by atoms with van der Waals surface area (Å²) in [6.07, 6.45) is 1.95. The van der Waals surface area contributed by atoms with Crippen LogP contribution in [0.3, 0.4) is 0 Å². The summed E-state index contributed by atoms with van der Waals surface area (Å²) < 4.78 is 5.73. The van der Waals surface area contributed by atoms with Crippen LogP contribution >= 0.6 is 0 Å². The quantitative estimate of drug-likeness (QED) is 0.0439. The molecule has 0 aliphatic carbocycles. The SMILES string of the molecule is CCCCNC(=O)C(c1ccc(-c2ccccc2)cc1)N(CCN(C)C)C(=O)CCCN1C(=O)NC(c2ccc([N+](=O)[O-])cc2)C(C(=O)OCc2ccccc2)=C1C. The molecule has 1 heterocycles. The van der Waals surface area contributed by atoms with Crippen molar-refractivity contribution in [3.8, 4) is 11.1 Å². The van der Waals surface area contributed by atoms with Crippen LogP contribution in [0.5, 0.6) is 0 Å². The molecule has 2 N–H and O–H groups in total. The maximum atomic E-state index is 14.3. The highest BCUT2D eigenvalue weighted by Crippen LogP contribution is 2.33. The molecule has 1 aliphatic heterocycles. The summed E-state index contributed by atoms with van der Waals surface area (Å²) >= 11 is 0. The van der Waals surface area contributed by atoms with Gasteiger partial charge in [-0.15, -0.1) is 0 Å². The fourth-order valence-electron chi connectivity index (χ4n) is 6.84. The van der Waals surface area contributed by atoms with Gasteiger partial charge in [0.05, 0.1) is 16.5 Å². The minimum atomic E-state index is -0.934. The predicted molar refractivity (Wildman–Crippen MR) is 222 cm³/mol. The summed E-state index contributed by atoms with van der Waals surface area (Å²) in [4.78, 5) is 71.5. The highest BCUT2D eigenvalue weighted by atomic mass is 16.6. The van der Waals surface area contributed by atoms with Gasteiger partial charge in [0.2, 0.25) is 11.8 Å². The largest absolute Gasteiger partial charge is 0.457 e. The van der Waals surface area contributed by atoms with E-state index in [1.165, 1.54) is 29.2 Å². The molecular formula is C45H52N6O7. The lowest BCUT2D eigenvalue weighted by Gasteiger charge is -2.36. The molecule has 4 aromatic carbocycles. The second-order valence-electron chi connectivity index (χ2n) is 14.5. The number of hydrogen-bond donors (Lipinski definition) is 2. The second kappa shape index (κ2) is 20.7. The number of benzene rings is 4. The van der Waals surface area contributed by atoms with Gasteiger partial charge >= 0.3 is 12.0 Å². The van der Waals surface area contributed by atoms with E-state index in [9.17, 15) is 29.3 Å². The van der Waals surface area contributed by atoms with Gasteiger partial charge in [0, 0.05) is 50.4 Å². The van der Waals surface area contributed by atoms with Gasteiger partial charge in [0.25, 0.3) is 5.69 Å². The lowest BCUT2D eigenvalue weighted by atomic mass is 9.94. The van der Waals surface area contributed by atoms with E-state index >= 15 is 0 Å². The van der Waals surface area contributed by atoms with Gasteiger partial charge in [-0.2, -0.15) is 0 Å². The molecule has 0 radical (unpaired) electrons. The van der Waals surface area contributed by atoms with Crippen molar-refractivity contribution in [1.82, 2.24) is 25.3 Å². The van der Waals surface area contributed by atoms with Gasteiger partial charge in [0.1, 0.15) is 12.6 Å². The van der Waals surface area contributed by atoms with Crippen LogP contribution in [0.2, 0.25) is 0 Å². The number of ether oxygens (including phenoxy) is 1. The van der Waals surface area contributed by atoms with E-state index in [2.05, 4.69) is 10.6 Å². The van der Waals surface area contributed by atoms with Crippen molar-refractivity contribution in [2.45, 2.75) is 58.2 Å². The smallest absolute Gasteiger partial charge is 0.338 e. The van der Waals surface area contributed by atoms with Crippen molar-refractivity contribution in [1.29, 1.82) is 0 Å². The Hall–Kier alpha value is -6.34. The zero-order valence-corrected chi connectivity index (χ0v) is 33.6. The van der Waals surface area contributed by atoms with E-state index in [0.29, 0.717) is 29.9 Å². The lowest BCUT2D eigenvalue weighted by Crippen LogP contribution is -2.49. The molecule has 0 aromatic heterocycles. The summed E-state index contributed by atoms with van der Waals surface area (Å²) in [5, 5.41) is 17.3. The Kier molecular flexibility index (Phi) is 15.3. The molecule has 304 valence electrons. The molecule has 4 aromatic rings. The van der Waals surface area contributed by atoms with E-state index in [-0.39, 0.29) is 55.6 Å². The number of unbranched alkanes of at least 4 members (excludes halogenated alkanes) is 1. The molecule has 0 saturated carbocycles. The maximum Gasteiger partial charge on any atom is 0.338 e. The predicted octanol–water partition coefficient (Wildman–Crippen LogP) is 7.17. The third kappa shape index (κ3) is 11.2. The average molecular weight is 789 g/mol. The van der Waals surface area contributed by atoms with Crippen molar-refractivity contribution >= 4 is 29.5 Å². The molecular weight excluding hydrogens is 737 g/mol. The number of nitro groups is 1. The highest BCUT2D eigenvalue weighted by Gasteiger charge is 2.37. The van der Waals surface area contributed by atoms with Crippen molar-refractivity contribution in [3.63, 3.8) is 0 Å². The van der Waals surface area contributed by atoms with Crippen molar-refractivity contribution < 1.29 is 28.8 Å². The third-order valence-corrected chi connectivity index (χ3v) is 10.1. The van der Waals surface area contributed by atoms with Gasteiger partial charge in [-0.05, 0) is 73.8 Å². The Morgan fingerprint density at radius 2 is 1.52 bits per heavy atom. The van der Waals surface area contributed by atoms with Crippen molar-refractivity contribution in [2.75, 3.05) is 40.3 Å². The Morgan fingerprint density at radius 1 is 0.879 bits per heavy atom. The zero-order chi connectivity index (χ0) is 41.6. The zero-order valence-electron chi connectivity index (χ0n) is 33.6. The number of nitrogens with zero attached hydrogens (tertiary/aromatic N) is 4. The standard InChI is InChI=1S/C45H52N6O7/c1-5-6-27-46-43(53)42(37-21-19-35(20-22-37)34-16-11-8-12-17-34)50(30-29-48(3)4)39(52)18-13-28-49-32(2)40(44(54)58-31-33-14-9-7-10-15-33)41(47-45(49)55)36-23-25-38(26-24-36)51(56)57/h7-12,14-17,19-26,41-42H,5-6,13,18,27-31H2,1-4H3,(H,46,53)(H,47,55). The van der Waals surface area contributed by atoms with Crippen LogP contribution in [0.1, 0.15) is 68.3 Å². The monoisotopic (exact) mass is 788 g/mol. The number of carbonyl (C=O) groups is 4. The summed E-state index contributed by atoms with van der Waals surface area (Å²) in [6.45, 7) is 5.07. The fraction of sp³-hybridized carbons (Fsp3) is 0.333. The molecule has 0 saturated heterocycles. The summed E-state index contributed by atoms with van der Waals surface area (Å²) in [6, 6.07) is 30.1. The van der Waals surface area contributed by atoms with Crippen LogP contribution in [0.25, 0.3) is 11.1 Å². The Balaban J connectivity index is 1.39. The van der Waals surface area contributed by atoms with Crippen LogP contribution in [-0.2, 0) is 25.7 Å². The molecule has 0 fully saturated rings. The van der Waals surface area contributed by atoms with E-state index in [0.717, 1.165) is 29.5 Å². The van der Waals surface area contributed by atoms with Crippen LogP contribution in [0, 0.1) is 10.1 Å². The number of likely N-dealkylation sites (N-methyl/N-ethyl adjacent to an activating group) is 1. The number of carbonyl (C=O) groups excluding carboxylic acids is 4. The third-order valence-electron chi connectivity index (χ3n) is 10.1. The fourth-order valence-corrected chi connectivity index (χ4v) is 6.84. The van der Waals surface area contributed by atoms with Gasteiger partial charge in [0.15, 0.2) is 0 Å². The Bertz CT molecular complexity index is 2050. The first kappa shape index (κ1) is 42.8. The van der Waals surface area contributed by atoms with E-state index in [4.69, 9.17) is 4.74 Å². The number of allylic oxidation sites excluding steroid dienone is 1. The molecule has 2 unspecified atom stereocenters.